The van der Waals surface area contributed by atoms with Crippen LogP contribution in [0.3, 0.4) is 0 Å². The molecule has 19 heavy (non-hydrogen) atoms. The molecule has 2 nitrogen and oxygen atoms in total. The lowest BCUT2D eigenvalue weighted by atomic mass is 10.0. The molecule has 0 aliphatic heterocycles. The molecule has 0 fully saturated rings. The van der Waals surface area contributed by atoms with E-state index in [0.29, 0.717) is 0 Å². The molecule has 0 aromatic heterocycles. The molecule has 5 heteroatoms. The summed E-state index contributed by atoms with van der Waals surface area (Å²) in [5.74, 6) is 4.53. The van der Waals surface area contributed by atoms with E-state index in [1.807, 2.05) is 0 Å². The van der Waals surface area contributed by atoms with Crippen LogP contribution < -0.4 is 0 Å². The van der Waals surface area contributed by atoms with Crippen LogP contribution in [0, 0.1) is 18.8 Å². The van der Waals surface area contributed by atoms with E-state index in [-0.39, 0.29) is 24.2 Å². The molecule has 0 aliphatic carbocycles. The number of ether oxygens (including phenoxy) is 1. The number of rotatable bonds is 2. The van der Waals surface area contributed by atoms with Crippen molar-refractivity contribution in [2.75, 3.05) is 6.61 Å². The fraction of sp³-hybridized carbons (Fsp3) is 0.357. The molecule has 0 radical (unpaired) electrons. The number of esters is 1. The lowest BCUT2D eigenvalue weighted by molar-refractivity contribution is -0.142. The molecule has 0 spiro atoms. The van der Waals surface area contributed by atoms with Crippen LogP contribution in [0.25, 0.3) is 0 Å². The minimum atomic E-state index is -4.40. The number of alkyl halides is 3. The van der Waals surface area contributed by atoms with Crippen molar-refractivity contribution in [1.82, 2.24) is 0 Å². The summed E-state index contributed by atoms with van der Waals surface area (Å²) in [6.07, 6.45) is -4.54. The van der Waals surface area contributed by atoms with Gasteiger partial charge in [0.05, 0.1) is 12.2 Å². The summed E-state index contributed by atoms with van der Waals surface area (Å²) in [5, 5.41) is 0. The number of aryl methyl sites for hydroxylation is 1. The first-order valence-corrected chi connectivity index (χ1v) is 5.67. The summed E-state index contributed by atoms with van der Waals surface area (Å²) < 4.78 is 42.6. The highest BCUT2D eigenvalue weighted by Gasteiger charge is 2.32. The molecule has 1 aromatic rings. The first kappa shape index (κ1) is 15.1. The van der Waals surface area contributed by atoms with Crippen LogP contribution in [0.5, 0.6) is 0 Å². The van der Waals surface area contributed by atoms with E-state index in [1.54, 1.807) is 6.92 Å². The molecule has 1 aromatic carbocycles. The van der Waals surface area contributed by atoms with Crippen molar-refractivity contribution in [3.63, 3.8) is 0 Å². The third-order valence-corrected chi connectivity index (χ3v) is 2.31. The molecule has 0 atom stereocenters. The zero-order valence-electron chi connectivity index (χ0n) is 10.6. The Kier molecular flexibility index (Phi) is 4.99. The van der Waals surface area contributed by atoms with Crippen molar-refractivity contribution in [2.45, 2.75) is 26.4 Å². The second kappa shape index (κ2) is 6.28. The highest BCUT2D eigenvalue weighted by molar-refractivity contribution is 5.72. The average Bonchev–Trinajstić information content (AvgIpc) is 2.30. The van der Waals surface area contributed by atoms with Crippen LogP contribution >= 0.6 is 0 Å². The van der Waals surface area contributed by atoms with Gasteiger partial charge in [-0.2, -0.15) is 13.2 Å². The predicted molar refractivity (Wildman–Crippen MR) is 64.3 cm³/mol. The molecule has 1 rings (SSSR count). The zero-order chi connectivity index (χ0) is 14.5. The van der Waals surface area contributed by atoms with Crippen LogP contribution in [0.2, 0.25) is 0 Å². The van der Waals surface area contributed by atoms with Gasteiger partial charge < -0.3 is 4.74 Å². The van der Waals surface area contributed by atoms with Gasteiger partial charge in [-0.3, -0.25) is 4.79 Å². The lowest BCUT2D eigenvalue weighted by Gasteiger charge is -2.09. The van der Waals surface area contributed by atoms with E-state index >= 15 is 0 Å². The van der Waals surface area contributed by atoms with E-state index in [4.69, 9.17) is 0 Å². The fourth-order valence-electron chi connectivity index (χ4n) is 1.44. The van der Waals surface area contributed by atoms with Crippen LogP contribution in [0.15, 0.2) is 18.2 Å². The maximum Gasteiger partial charge on any atom is 0.416 e. The Bertz CT molecular complexity index is 522. The summed E-state index contributed by atoms with van der Waals surface area (Å²) in [4.78, 5) is 11.0. The second-order valence-electron chi connectivity index (χ2n) is 3.81. The molecule has 0 N–H and O–H groups in total. The quantitative estimate of drug-likeness (QED) is 0.608. The number of hydrogen-bond donors (Lipinski definition) is 0. The van der Waals surface area contributed by atoms with Gasteiger partial charge in [0.1, 0.15) is 6.42 Å². The standard InChI is InChI=1S/C14H13F3O2/c1-3-19-13(18)6-4-5-11-8-7-10(2)12(9-11)14(15,16)17/h7-9H,3,6H2,1-2H3. The number of hydrogen-bond acceptors (Lipinski definition) is 2. The van der Waals surface area contributed by atoms with Gasteiger partial charge in [0.15, 0.2) is 0 Å². The minimum Gasteiger partial charge on any atom is -0.465 e. The van der Waals surface area contributed by atoms with Gasteiger partial charge in [-0.25, -0.2) is 0 Å². The van der Waals surface area contributed by atoms with Crippen molar-refractivity contribution >= 4 is 5.97 Å². The van der Waals surface area contributed by atoms with Gasteiger partial charge in [0, 0.05) is 5.56 Å². The van der Waals surface area contributed by atoms with Crippen molar-refractivity contribution in [3.05, 3.63) is 34.9 Å². The Morgan fingerprint density at radius 2 is 2.05 bits per heavy atom. The first-order valence-electron chi connectivity index (χ1n) is 5.67. The van der Waals surface area contributed by atoms with Crippen LogP contribution in [0.4, 0.5) is 13.2 Å². The normalized spacial score (nSPS) is 10.6. The maximum absolute atomic E-state index is 12.7. The lowest BCUT2D eigenvalue weighted by Crippen LogP contribution is -2.07. The SMILES string of the molecule is CCOC(=O)CC#Cc1ccc(C)c(C(F)(F)F)c1. The van der Waals surface area contributed by atoms with Gasteiger partial charge in [-0.15, -0.1) is 0 Å². The molecule has 0 unspecified atom stereocenters. The minimum absolute atomic E-state index is 0.136. The third-order valence-electron chi connectivity index (χ3n) is 2.31. The smallest absolute Gasteiger partial charge is 0.416 e. The Labute approximate surface area is 109 Å². The number of carbonyl (C=O) groups excluding carboxylic acids is 1. The van der Waals surface area contributed by atoms with Crippen LogP contribution in [-0.2, 0) is 15.7 Å². The van der Waals surface area contributed by atoms with E-state index in [9.17, 15) is 18.0 Å². The summed E-state index contributed by atoms with van der Waals surface area (Å²) in [7, 11) is 0. The van der Waals surface area contributed by atoms with E-state index in [1.165, 1.54) is 19.1 Å². The monoisotopic (exact) mass is 270 g/mol. The molecule has 0 aliphatic rings. The van der Waals surface area contributed by atoms with Gasteiger partial charge in [0.2, 0.25) is 0 Å². The van der Waals surface area contributed by atoms with Crippen molar-refractivity contribution in [3.8, 4) is 11.8 Å². The largest absolute Gasteiger partial charge is 0.465 e. The second-order valence-corrected chi connectivity index (χ2v) is 3.81. The third kappa shape index (κ3) is 4.66. The first-order chi connectivity index (χ1) is 8.84. The van der Waals surface area contributed by atoms with E-state index in [0.717, 1.165) is 6.07 Å². The Morgan fingerprint density at radius 1 is 1.37 bits per heavy atom. The topological polar surface area (TPSA) is 26.3 Å². The molecule has 0 bridgehead atoms. The summed E-state index contributed by atoms with van der Waals surface area (Å²) in [6.45, 7) is 3.31. The molecular weight excluding hydrogens is 257 g/mol. The highest BCUT2D eigenvalue weighted by Crippen LogP contribution is 2.32. The van der Waals surface area contributed by atoms with Crippen LogP contribution in [0.1, 0.15) is 30.0 Å². The average molecular weight is 270 g/mol. The van der Waals surface area contributed by atoms with Gasteiger partial charge in [-0.05, 0) is 31.5 Å². The summed E-state index contributed by atoms with van der Waals surface area (Å²) >= 11 is 0. The van der Waals surface area contributed by atoms with Crippen molar-refractivity contribution in [1.29, 1.82) is 0 Å². The van der Waals surface area contributed by atoms with E-state index in [2.05, 4.69) is 16.6 Å². The molecule has 0 saturated carbocycles. The molecule has 102 valence electrons. The zero-order valence-corrected chi connectivity index (χ0v) is 10.6. The van der Waals surface area contributed by atoms with E-state index < -0.39 is 17.7 Å². The van der Waals surface area contributed by atoms with Crippen molar-refractivity contribution < 1.29 is 22.7 Å². The number of benzene rings is 1. The Hall–Kier alpha value is -1.96. The Balaban J connectivity index is 2.87. The van der Waals surface area contributed by atoms with Gasteiger partial charge in [0.25, 0.3) is 0 Å². The van der Waals surface area contributed by atoms with Crippen molar-refractivity contribution in [2.24, 2.45) is 0 Å². The maximum atomic E-state index is 12.7. The van der Waals surface area contributed by atoms with Gasteiger partial charge in [-0.1, -0.05) is 17.9 Å². The molecule has 0 amide bonds. The predicted octanol–water partition coefficient (Wildman–Crippen LogP) is 3.32. The number of halogens is 3. The Morgan fingerprint density at radius 3 is 2.63 bits per heavy atom. The summed E-state index contributed by atoms with van der Waals surface area (Å²) in [6, 6.07) is 3.83. The van der Waals surface area contributed by atoms with Gasteiger partial charge >= 0.3 is 12.1 Å². The fourth-order valence-corrected chi connectivity index (χ4v) is 1.44. The highest BCUT2D eigenvalue weighted by atomic mass is 19.4. The molecule has 0 saturated heterocycles. The molecule has 0 heterocycles. The number of carbonyl (C=O) groups is 1. The molecular formula is C14H13F3O2. The van der Waals surface area contributed by atoms with Crippen LogP contribution in [-0.4, -0.2) is 12.6 Å². The summed E-state index contributed by atoms with van der Waals surface area (Å²) in [5.41, 5.74) is -0.346.